The summed E-state index contributed by atoms with van der Waals surface area (Å²) in [6.07, 6.45) is 9.16. The summed E-state index contributed by atoms with van der Waals surface area (Å²) in [6, 6.07) is 6.70. The molecule has 1 aliphatic heterocycles. The van der Waals surface area contributed by atoms with E-state index in [1.807, 2.05) is 37.4 Å². The second-order valence-corrected chi connectivity index (χ2v) is 12.8. The Balaban J connectivity index is 0.00000560. The van der Waals surface area contributed by atoms with Gasteiger partial charge in [0.15, 0.2) is 0 Å². The van der Waals surface area contributed by atoms with E-state index in [0.29, 0.717) is 36.6 Å². The fourth-order valence-corrected chi connectivity index (χ4v) is 6.64. The minimum atomic E-state index is -1.29. The first-order chi connectivity index (χ1) is 18.8. The van der Waals surface area contributed by atoms with Crippen LogP contribution in [0.4, 0.5) is 4.79 Å². The van der Waals surface area contributed by atoms with Crippen LogP contribution in [-0.4, -0.2) is 71.6 Å². The molecule has 7 nitrogen and oxygen atoms in total. The SMILES string of the molecule is CCSC[C@H](CC1CCCCC1)OC(=O)N1CCC(C(=O)NC(CCSC)C(=O)[O-])=C(c2ccccc2C)C1.[Li+]. The van der Waals surface area contributed by atoms with E-state index in [9.17, 15) is 19.5 Å². The van der Waals surface area contributed by atoms with Crippen molar-refractivity contribution in [1.29, 1.82) is 0 Å². The van der Waals surface area contributed by atoms with Gasteiger partial charge in [-0.25, -0.2) is 4.79 Å². The Morgan fingerprint density at radius 1 is 1.18 bits per heavy atom. The predicted molar refractivity (Wildman–Crippen MR) is 159 cm³/mol. The van der Waals surface area contributed by atoms with Gasteiger partial charge in [-0.1, -0.05) is 63.3 Å². The van der Waals surface area contributed by atoms with Crippen LogP contribution in [-0.2, 0) is 14.3 Å². The van der Waals surface area contributed by atoms with E-state index in [0.717, 1.165) is 34.6 Å². The fraction of sp³-hybridized carbons (Fsp3) is 0.633. The van der Waals surface area contributed by atoms with Gasteiger partial charge in [0.1, 0.15) is 6.10 Å². The van der Waals surface area contributed by atoms with E-state index in [4.69, 9.17) is 4.74 Å². The number of nitrogens with zero attached hydrogens (tertiary/aromatic N) is 1. The smallest absolute Gasteiger partial charge is 0.548 e. The molecule has 1 unspecified atom stereocenters. The second-order valence-electron chi connectivity index (χ2n) is 10.5. The maximum atomic E-state index is 13.4. The van der Waals surface area contributed by atoms with Crippen molar-refractivity contribution in [3.63, 3.8) is 0 Å². The molecule has 1 aliphatic carbocycles. The van der Waals surface area contributed by atoms with E-state index in [1.54, 1.807) is 16.7 Å². The van der Waals surface area contributed by atoms with Gasteiger partial charge < -0.3 is 24.9 Å². The first-order valence-electron chi connectivity index (χ1n) is 14.2. The van der Waals surface area contributed by atoms with Crippen LogP contribution >= 0.6 is 23.5 Å². The Morgan fingerprint density at radius 3 is 2.55 bits per heavy atom. The third kappa shape index (κ3) is 10.4. The Morgan fingerprint density at radius 2 is 1.90 bits per heavy atom. The summed E-state index contributed by atoms with van der Waals surface area (Å²) >= 11 is 3.32. The molecule has 10 heteroatoms. The molecule has 1 fully saturated rings. The van der Waals surface area contributed by atoms with Crippen LogP contribution in [0.1, 0.15) is 69.4 Å². The van der Waals surface area contributed by atoms with Crippen molar-refractivity contribution < 1.29 is 43.1 Å². The Hall–Kier alpha value is -1.53. The molecule has 1 saturated carbocycles. The van der Waals surface area contributed by atoms with Crippen LogP contribution in [0.25, 0.3) is 5.57 Å². The van der Waals surface area contributed by atoms with Crippen molar-refractivity contribution in [2.75, 3.05) is 36.6 Å². The largest absolute Gasteiger partial charge is 1.00 e. The van der Waals surface area contributed by atoms with Crippen molar-refractivity contribution in [3.8, 4) is 0 Å². The monoisotopic (exact) mass is 582 g/mol. The van der Waals surface area contributed by atoms with Gasteiger partial charge in [-0.2, -0.15) is 23.5 Å². The molecular formula is C30H43LiN2O5S2. The molecule has 216 valence electrons. The Bertz CT molecular complexity index is 1020. The Labute approximate surface area is 260 Å². The number of thioether (sulfide) groups is 2. The van der Waals surface area contributed by atoms with Crippen LogP contribution in [0.5, 0.6) is 0 Å². The van der Waals surface area contributed by atoms with Crippen LogP contribution in [0, 0.1) is 12.8 Å². The van der Waals surface area contributed by atoms with Crippen LogP contribution < -0.4 is 29.3 Å². The summed E-state index contributed by atoms with van der Waals surface area (Å²) in [5.74, 6) is 1.28. The number of carboxylic acid groups (broad SMARTS) is 1. The van der Waals surface area contributed by atoms with E-state index in [1.165, 1.54) is 43.9 Å². The molecule has 3 rings (SSSR count). The fourth-order valence-electron chi connectivity index (χ4n) is 5.47. The molecule has 0 radical (unpaired) electrons. The summed E-state index contributed by atoms with van der Waals surface area (Å²) < 4.78 is 6.10. The molecule has 1 heterocycles. The van der Waals surface area contributed by atoms with Gasteiger partial charge in [-0.05, 0) is 66.6 Å². The average molecular weight is 583 g/mol. The zero-order valence-corrected chi connectivity index (χ0v) is 26.2. The van der Waals surface area contributed by atoms with Gasteiger partial charge >= 0.3 is 25.0 Å². The van der Waals surface area contributed by atoms with Crippen molar-refractivity contribution in [2.24, 2.45) is 5.92 Å². The minimum Gasteiger partial charge on any atom is -0.548 e. The molecule has 2 amide bonds. The number of carboxylic acids is 1. The third-order valence-electron chi connectivity index (χ3n) is 7.64. The molecule has 0 spiro atoms. The number of aryl methyl sites for hydroxylation is 1. The first kappa shape index (κ1) is 34.7. The average Bonchev–Trinajstić information content (AvgIpc) is 2.94. The number of carbonyl (C=O) groups excluding carboxylic acids is 3. The molecule has 0 saturated heterocycles. The number of rotatable bonds is 13. The van der Waals surface area contributed by atoms with E-state index in [2.05, 4.69) is 12.2 Å². The number of ether oxygens (including phenoxy) is 1. The number of hydrogen-bond acceptors (Lipinski definition) is 7. The molecule has 0 bridgehead atoms. The number of aliphatic carboxylic acids is 1. The molecule has 2 aliphatic rings. The summed E-state index contributed by atoms with van der Waals surface area (Å²) in [5, 5.41) is 14.3. The predicted octanol–water partition coefficient (Wildman–Crippen LogP) is 1.67. The molecule has 1 aromatic carbocycles. The number of benzene rings is 1. The normalized spacial score (nSPS) is 17.5. The van der Waals surface area contributed by atoms with Crippen LogP contribution in [0.15, 0.2) is 29.8 Å². The molecule has 1 aromatic rings. The quantitative estimate of drug-likeness (QED) is 0.354. The molecule has 2 atom stereocenters. The van der Waals surface area contributed by atoms with Crippen molar-refractivity contribution >= 4 is 47.1 Å². The molecule has 1 N–H and O–H groups in total. The summed E-state index contributed by atoms with van der Waals surface area (Å²) in [6.45, 7) is 4.67. The zero-order valence-electron chi connectivity index (χ0n) is 24.5. The number of amides is 2. The second kappa shape index (κ2) is 18.1. The van der Waals surface area contributed by atoms with Crippen molar-refractivity contribution in [2.45, 2.75) is 77.4 Å². The van der Waals surface area contributed by atoms with Gasteiger partial charge in [0.2, 0.25) is 5.91 Å². The van der Waals surface area contributed by atoms with Gasteiger partial charge in [0.05, 0.1) is 18.6 Å². The van der Waals surface area contributed by atoms with Crippen LogP contribution in [0.3, 0.4) is 0 Å². The maximum Gasteiger partial charge on any atom is 1.00 e. The van der Waals surface area contributed by atoms with E-state index < -0.39 is 17.9 Å². The third-order valence-corrected chi connectivity index (χ3v) is 9.30. The summed E-state index contributed by atoms with van der Waals surface area (Å²) in [5.41, 5.74) is 3.13. The van der Waals surface area contributed by atoms with Gasteiger partial charge in [-0.15, -0.1) is 0 Å². The zero-order chi connectivity index (χ0) is 28.2. The van der Waals surface area contributed by atoms with E-state index in [-0.39, 0.29) is 37.6 Å². The number of carbonyl (C=O) groups is 3. The molecular weight excluding hydrogens is 539 g/mol. The summed E-state index contributed by atoms with van der Waals surface area (Å²) in [4.78, 5) is 40.1. The summed E-state index contributed by atoms with van der Waals surface area (Å²) in [7, 11) is 0. The molecule has 40 heavy (non-hydrogen) atoms. The van der Waals surface area contributed by atoms with Gasteiger partial charge in [0, 0.05) is 17.9 Å². The first-order valence-corrected chi connectivity index (χ1v) is 16.7. The minimum absolute atomic E-state index is 0. The van der Waals surface area contributed by atoms with Crippen molar-refractivity contribution in [3.05, 3.63) is 41.0 Å². The Kier molecular flexibility index (Phi) is 15.7. The maximum absolute atomic E-state index is 13.4. The van der Waals surface area contributed by atoms with Gasteiger partial charge in [0.25, 0.3) is 0 Å². The van der Waals surface area contributed by atoms with Crippen molar-refractivity contribution in [1.82, 2.24) is 10.2 Å². The number of nitrogens with one attached hydrogen (secondary N) is 1. The topological polar surface area (TPSA) is 98.8 Å². The van der Waals surface area contributed by atoms with Gasteiger partial charge in [-0.3, -0.25) is 4.79 Å². The number of hydrogen-bond donors (Lipinski definition) is 1. The van der Waals surface area contributed by atoms with E-state index >= 15 is 0 Å². The standard InChI is InChI=1S/C30H44N2O5S2.Li/c1-4-39-20-23(18-22-11-6-5-7-12-22)37-30(36)32-16-14-25(26(19-32)24-13-9-8-10-21(24)2)28(33)31-27(29(34)35)15-17-38-3;/h8-10,13,22-23,27H,4-7,11-12,14-20H2,1-3H3,(H,31,33)(H,34,35);/q;+1/p-1/t23-,27?;/m0./s1. The van der Waals surface area contributed by atoms with Crippen LogP contribution in [0.2, 0.25) is 0 Å². The molecule has 0 aromatic heterocycles.